The van der Waals surface area contributed by atoms with Crippen molar-refractivity contribution in [2.24, 2.45) is 0 Å². The summed E-state index contributed by atoms with van der Waals surface area (Å²) >= 11 is 0. The minimum absolute atomic E-state index is 0.0282. The van der Waals surface area contributed by atoms with Gasteiger partial charge in [-0.1, -0.05) is 29.8 Å². The molecule has 0 fully saturated rings. The number of aryl methyl sites for hydroxylation is 1. The van der Waals surface area contributed by atoms with E-state index in [0.29, 0.717) is 29.0 Å². The Morgan fingerprint density at radius 1 is 1.17 bits per heavy atom. The smallest absolute Gasteiger partial charge is 0.453 e. The average molecular weight is 414 g/mol. The van der Waals surface area contributed by atoms with Crippen LogP contribution in [0.2, 0.25) is 0 Å². The third-order valence-electron chi connectivity index (χ3n) is 5.51. The van der Waals surface area contributed by atoms with Crippen LogP contribution in [-0.4, -0.2) is 20.5 Å². The first-order chi connectivity index (χ1) is 14.3. The number of carbonyl (C=O) groups is 1. The molecule has 0 bridgehead atoms. The SMILES string of the molecule is Cc1ccc([C@@H]2C3=C(C[C@@H](c4ccco4)CC3=O)Nc3nc(C(F)(F)F)nn32)cc1. The van der Waals surface area contributed by atoms with Crippen molar-refractivity contribution in [2.75, 3.05) is 5.32 Å². The highest BCUT2D eigenvalue weighted by Gasteiger charge is 2.43. The maximum Gasteiger partial charge on any atom is 0.453 e. The minimum Gasteiger partial charge on any atom is -0.469 e. The number of anilines is 1. The number of nitrogens with zero attached hydrogens (tertiary/aromatic N) is 3. The summed E-state index contributed by atoms with van der Waals surface area (Å²) in [5.41, 5.74) is 2.67. The summed E-state index contributed by atoms with van der Waals surface area (Å²) in [5, 5.41) is 6.64. The van der Waals surface area contributed by atoms with Crippen LogP contribution < -0.4 is 5.32 Å². The Morgan fingerprint density at radius 2 is 1.93 bits per heavy atom. The van der Waals surface area contributed by atoms with E-state index in [4.69, 9.17) is 4.42 Å². The molecule has 0 radical (unpaired) electrons. The molecule has 3 heterocycles. The van der Waals surface area contributed by atoms with E-state index < -0.39 is 18.0 Å². The largest absolute Gasteiger partial charge is 0.469 e. The van der Waals surface area contributed by atoms with Crippen LogP contribution in [0, 0.1) is 6.92 Å². The summed E-state index contributed by atoms with van der Waals surface area (Å²) in [5.74, 6) is -0.928. The van der Waals surface area contributed by atoms with E-state index >= 15 is 0 Å². The molecule has 30 heavy (non-hydrogen) atoms. The summed E-state index contributed by atoms with van der Waals surface area (Å²) in [6.45, 7) is 1.92. The van der Waals surface area contributed by atoms with Crippen molar-refractivity contribution in [3.63, 3.8) is 0 Å². The van der Waals surface area contributed by atoms with E-state index in [1.165, 1.54) is 0 Å². The zero-order valence-corrected chi connectivity index (χ0v) is 15.9. The molecule has 1 N–H and O–H groups in total. The molecule has 0 amide bonds. The number of aromatic nitrogens is 3. The van der Waals surface area contributed by atoms with Crippen molar-refractivity contribution < 1.29 is 22.4 Å². The fourth-order valence-corrected chi connectivity index (χ4v) is 4.11. The highest BCUT2D eigenvalue weighted by atomic mass is 19.4. The standard InChI is InChI=1S/C21H17F3N4O2/c1-11-4-6-12(7-5-11)18-17-14(9-13(10-15(17)29)16-3-2-8-30-16)25-20-26-19(21(22,23)24)27-28(18)20/h2-8,13,18H,9-10H2,1H3,(H,25,26,27)/t13-,18-/m1/s1. The van der Waals surface area contributed by atoms with E-state index in [9.17, 15) is 18.0 Å². The summed E-state index contributed by atoms with van der Waals surface area (Å²) < 4.78 is 46.5. The Kier molecular flexibility index (Phi) is 4.09. The molecule has 0 saturated carbocycles. The van der Waals surface area contributed by atoms with Gasteiger partial charge in [0.1, 0.15) is 11.8 Å². The van der Waals surface area contributed by atoms with Gasteiger partial charge in [0.25, 0.3) is 5.82 Å². The maximum absolute atomic E-state index is 13.3. The molecule has 1 aromatic carbocycles. The van der Waals surface area contributed by atoms with Crippen LogP contribution >= 0.6 is 0 Å². The lowest BCUT2D eigenvalue weighted by Gasteiger charge is -2.34. The van der Waals surface area contributed by atoms with Gasteiger partial charge in [-0.3, -0.25) is 4.79 Å². The normalized spacial score (nSPS) is 21.3. The molecule has 9 heteroatoms. The number of Topliss-reactive ketones (excluding diaryl/α,β-unsaturated/α-hetero) is 1. The number of benzene rings is 1. The second-order valence-corrected chi connectivity index (χ2v) is 7.58. The lowest BCUT2D eigenvalue weighted by atomic mass is 9.79. The number of allylic oxidation sites excluding steroid dienone is 2. The summed E-state index contributed by atoms with van der Waals surface area (Å²) in [7, 11) is 0. The van der Waals surface area contributed by atoms with Gasteiger partial charge in [-0.25, -0.2) is 4.68 Å². The summed E-state index contributed by atoms with van der Waals surface area (Å²) in [6.07, 6.45) is -2.50. The van der Waals surface area contributed by atoms with Gasteiger partial charge in [0.05, 0.1) is 6.26 Å². The number of carbonyl (C=O) groups excluding carboxylic acids is 1. The Hall–Kier alpha value is -3.36. The van der Waals surface area contributed by atoms with Gasteiger partial charge in [0.15, 0.2) is 5.78 Å². The molecule has 0 spiro atoms. The van der Waals surface area contributed by atoms with Crippen LogP contribution in [0.4, 0.5) is 19.1 Å². The highest BCUT2D eigenvalue weighted by molar-refractivity contribution is 6.00. The quantitative estimate of drug-likeness (QED) is 0.663. The van der Waals surface area contributed by atoms with Crippen molar-refractivity contribution in [3.8, 4) is 0 Å². The van der Waals surface area contributed by atoms with Crippen LogP contribution in [0.15, 0.2) is 58.3 Å². The first-order valence-electron chi connectivity index (χ1n) is 9.48. The molecule has 3 aromatic rings. The number of alkyl halides is 3. The molecule has 0 unspecified atom stereocenters. The summed E-state index contributed by atoms with van der Waals surface area (Å²) in [6, 6.07) is 10.1. The van der Waals surface area contributed by atoms with Gasteiger partial charge in [-0.2, -0.15) is 18.2 Å². The van der Waals surface area contributed by atoms with Gasteiger partial charge >= 0.3 is 6.18 Å². The average Bonchev–Trinajstić information content (AvgIpc) is 3.36. The molecule has 2 aliphatic rings. The van der Waals surface area contributed by atoms with E-state index in [1.54, 1.807) is 30.5 Å². The molecular weight excluding hydrogens is 397 g/mol. The molecule has 1 aliphatic heterocycles. The molecule has 154 valence electrons. The van der Waals surface area contributed by atoms with Gasteiger partial charge in [0, 0.05) is 23.6 Å². The third kappa shape index (κ3) is 3.01. The zero-order chi connectivity index (χ0) is 21.0. The Morgan fingerprint density at radius 3 is 2.60 bits per heavy atom. The Bertz CT molecular complexity index is 1140. The molecule has 5 rings (SSSR count). The van der Waals surface area contributed by atoms with Crippen molar-refractivity contribution >= 4 is 11.7 Å². The van der Waals surface area contributed by atoms with Gasteiger partial charge in [0.2, 0.25) is 5.95 Å². The second-order valence-electron chi connectivity index (χ2n) is 7.58. The minimum atomic E-state index is -4.69. The fourth-order valence-electron chi connectivity index (χ4n) is 4.11. The first kappa shape index (κ1) is 18.7. The van der Waals surface area contributed by atoms with E-state index in [2.05, 4.69) is 15.4 Å². The number of ketones is 1. The monoisotopic (exact) mass is 414 g/mol. The third-order valence-corrected chi connectivity index (χ3v) is 5.51. The second kappa shape index (κ2) is 6.58. The van der Waals surface area contributed by atoms with Crippen molar-refractivity contribution in [1.82, 2.24) is 14.8 Å². The lowest BCUT2D eigenvalue weighted by molar-refractivity contribution is -0.145. The zero-order valence-electron chi connectivity index (χ0n) is 15.9. The summed E-state index contributed by atoms with van der Waals surface area (Å²) in [4.78, 5) is 16.8. The van der Waals surface area contributed by atoms with Gasteiger partial charge in [-0.15, -0.1) is 5.10 Å². The van der Waals surface area contributed by atoms with E-state index in [0.717, 1.165) is 10.2 Å². The predicted octanol–water partition coefficient (Wildman–Crippen LogP) is 4.61. The number of nitrogens with one attached hydrogen (secondary N) is 1. The number of fused-ring (bicyclic) bond motifs is 1. The molecule has 2 atom stereocenters. The van der Waals surface area contributed by atoms with E-state index in [1.807, 2.05) is 19.1 Å². The van der Waals surface area contributed by atoms with Crippen LogP contribution in [-0.2, 0) is 11.0 Å². The first-order valence-corrected chi connectivity index (χ1v) is 9.48. The molecular formula is C21H17F3N4O2. The maximum atomic E-state index is 13.3. The highest BCUT2D eigenvalue weighted by Crippen LogP contribution is 2.44. The Labute approximate surface area is 169 Å². The molecule has 1 aliphatic carbocycles. The number of hydrogen-bond acceptors (Lipinski definition) is 5. The van der Waals surface area contributed by atoms with Crippen molar-refractivity contribution in [2.45, 2.75) is 37.9 Å². The number of halogens is 3. The van der Waals surface area contributed by atoms with Gasteiger partial charge < -0.3 is 9.73 Å². The van der Waals surface area contributed by atoms with Crippen LogP contribution in [0.1, 0.15) is 47.5 Å². The molecule has 0 saturated heterocycles. The fraction of sp³-hybridized carbons (Fsp3) is 0.286. The van der Waals surface area contributed by atoms with Gasteiger partial charge in [-0.05, 0) is 31.0 Å². The number of hydrogen-bond donors (Lipinski definition) is 1. The number of furan rings is 1. The molecule has 2 aromatic heterocycles. The van der Waals surface area contributed by atoms with Crippen molar-refractivity contribution in [3.05, 3.63) is 76.6 Å². The van der Waals surface area contributed by atoms with Crippen LogP contribution in [0.25, 0.3) is 0 Å². The topological polar surface area (TPSA) is 73.0 Å². The molecule has 6 nitrogen and oxygen atoms in total. The predicted molar refractivity (Wildman–Crippen MR) is 101 cm³/mol. The lowest BCUT2D eigenvalue weighted by Crippen LogP contribution is -2.33. The van der Waals surface area contributed by atoms with Crippen LogP contribution in [0.3, 0.4) is 0 Å². The Balaban J connectivity index is 1.64. The number of rotatable bonds is 2. The van der Waals surface area contributed by atoms with Crippen LogP contribution in [0.5, 0.6) is 0 Å². The van der Waals surface area contributed by atoms with E-state index in [-0.39, 0.29) is 24.1 Å². The van der Waals surface area contributed by atoms with Crippen molar-refractivity contribution in [1.29, 1.82) is 0 Å².